The molecule has 1 amide bonds. The molecule has 0 saturated heterocycles. The van der Waals surface area contributed by atoms with Gasteiger partial charge in [-0.25, -0.2) is 0 Å². The van der Waals surface area contributed by atoms with Crippen LogP contribution in [-0.4, -0.2) is 27.7 Å². The summed E-state index contributed by atoms with van der Waals surface area (Å²) < 4.78 is 86.2. The largest absolute Gasteiger partial charge is 0.435 e. The molecule has 0 radical (unpaired) electrons. The number of aromatic nitrogens is 3. The number of nitrogens with one attached hydrogen (secondary N) is 2. The van der Waals surface area contributed by atoms with Gasteiger partial charge in [-0.15, -0.1) is 10.2 Å². The molecule has 0 aliphatic carbocycles. The molecule has 2 heterocycles. The second kappa shape index (κ2) is 10.1. The maximum Gasteiger partial charge on any atom is 0.435 e. The highest BCUT2D eigenvalue weighted by molar-refractivity contribution is 6.07. The number of alkyl halides is 6. The van der Waals surface area contributed by atoms with Gasteiger partial charge in [-0.05, 0) is 35.9 Å². The minimum absolute atomic E-state index is 0.0981. The van der Waals surface area contributed by atoms with Crippen LogP contribution in [-0.2, 0) is 30.4 Å². The Bertz CT molecular complexity index is 1420. The average Bonchev–Trinajstić information content (AvgIpc) is 3.21. The molecule has 0 saturated carbocycles. The minimum Gasteiger partial charge on any atom is -0.370 e. The Hall–Kier alpha value is -4.13. The monoisotopic (exact) mass is 523 g/mol. The molecule has 4 aromatic rings. The molecule has 0 unspecified atom stereocenters. The molecule has 194 valence electrons. The van der Waals surface area contributed by atoms with Crippen LogP contribution in [0.15, 0.2) is 60.7 Å². The molecule has 0 aliphatic heterocycles. The van der Waals surface area contributed by atoms with Crippen molar-refractivity contribution in [2.75, 3.05) is 17.7 Å². The van der Waals surface area contributed by atoms with Crippen molar-refractivity contribution in [3.05, 3.63) is 83.2 Å². The molecule has 2 aromatic carbocycles. The van der Waals surface area contributed by atoms with Crippen LogP contribution in [0.2, 0.25) is 0 Å². The van der Waals surface area contributed by atoms with E-state index in [-0.39, 0.29) is 41.4 Å². The van der Waals surface area contributed by atoms with Gasteiger partial charge < -0.3 is 19.9 Å². The van der Waals surface area contributed by atoms with Gasteiger partial charge in [-0.3, -0.25) is 4.79 Å². The van der Waals surface area contributed by atoms with E-state index in [9.17, 15) is 31.1 Å². The molecular formula is C24H19F6N5O2. The Labute approximate surface area is 206 Å². The van der Waals surface area contributed by atoms with Crippen molar-refractivity contribution in [3.8, 4) is 0 Å². The van der Waals surface area contributed by atoms with Crippen LogP contribution >= 0.6 is 0 Å². The van der Waals surface area contributed by atoms with E-state index in [1.165, 1.54) is 23.7 Å². The minimum atomic E-state index is -4.81. The van der Waals surface area contributed by atoms with Gasteiger partial charge in [0.05, 0.1) is 23.4 Å². The number of carbonyl (C=O) groups excluding carboxylic acids is 1. The SMILES string of the molecule is CNc1nnc(C(F)(F)F)cc1NC(=O)c1cc2cc(C(F)(F)F)ccc2n1COCc1ccccc1. The summed E-state index contributed by atoms with van der Waals surface area (Å²) >= 11 is 0. The molecule has 0 atom stereocenters. The van der Waals surface area contributed by atoms with E-state index in [0.717, 1.165) is 17.7 Å². The van der Waals surface area contributed by atoms with Crippen LogP contribution in [0, 0.1) is 0 Å². The van der Waals surface area contributed by atoms with Crippen molar-refractivity contribution < 1.29 is 35.9 Å². The van der Waals surface area contributed by atoms with Crippen molar-refractivity contribution in [2.45, 2.75) is 25.7 Å². The lowest BCUT2D eigenvalue weighted by Crippen LogP contribution is -2.20. The Morgan fingerprint density at radius 3 is 2.32 bits per heavy atom. The van der Waals surface area contributed by atoms with Crippen LogP contribution in [0.5, 0.6) is 0 Å². The van der Waals surface area contributed by atoms with Crippen LogP contribution in [0.4, 0.5) is 37.8 Å². The molecule has 37 heavy (non-hydrogen) atoms. The van der Waals surface area contributed by atoms with E-state index in [2.05, 4.69) is 20.8 Å². The first-order valence-corrected chi connectivity index (χ1v) is 10.7. The smallest absolute Gasteiger partial charge is 0.370 e. The lowest BCUT2D eigenvalue weighted by molar-refractivity contribution is -0.141. The summed E-state index contributed by atoms with van der Waals surface area (Å²) in [5, 5.41) is 11.5. The number of amides is 1. The number of rotatable bonds is 7. The number of hydrogen-bond donors (Lipinski definition) is 2. The van der Waals surface area contributed by atoms with Crippen LogP contribution in [0.3, 0.4) is 0 Å². The van der Waals surface area contributed by atoms with Gasteiger partial charge in [0.15, 0.2) is 11.5 Å². The quantitative estimate of drug-likeness (QED) is 0.293. The number of fused-ring (bicyclic) bond motifs is 1. The van der Waals surface area contributed by atoms with Crippen LogP contribution < -0.4 is 10.6 Å². The first-order chi connectivity index (χ1) is 17.5. The molecule has 13 heteroatoms. The van der Waals surface area contributed by atoms with Gasteiger partial charge in [0.1, 0.15) is 12.4 Å². The number of ether oxygens (including phenoxy) is 1. The highest BCUT2D eigenvalue weighted by Crippen LogP contribution is 2.34. The van der Waals surface area contributed by atoms with E-state index in [1.54, 1.807) is 12.1 Å². The number of benzene rings is 2. The molecule has 4 rings (SSSR count). The van der Waals surface area contributed by atoms with E-state index < -0.39 is 29.5 Å². The normalized spacial score (nSPS) is 12.1. The summed E-state index contributed by atoms with van der Waals surface area (Å²) in [6, 6.07) is 13.8. The van der Waals surface area contributed by atoms with E-state index in [4.69, 9.17) is 4.74 Å². The predicted molar refractivity (Wildman–Crippen MR) is 123 cm³/mol. The van der Waals surface area contributed by atoms with E-state index >= 15 is 0 Å². The van der Waals surface area contributed by atoms with Crippen molar-refractivity contribution in [3.63, 3.8) is 0 Å². The van der Waals surface area contributed by atoms with Crippen LogP contribution in [0.1, 0.15) is 27.3 Å². The molecule has 0 aliphatic rings. The van der Waals surface area contributed by atoms with E-state index in [1.807, 2.05) is 18.2 Å². The number of anilines is 2. The summed E-state index contributed by atoms with van der Waals surface area (Å²) in [5.41, 5.74) is -1.60. The summed E-state index contributed by atoms with van der Waals surface area (Å²) in [4.78, 5) is 13.2. The zero-order valence-corrected chi connectivity index (χ0v) is 19.1. The van der Waals surface area contributed by atoms with E-state index in [0.29, 0.717) is 6.07 Å². The fourth-order valence-corrected chi connectivity index (χ4v) is 3.60. The number of nitrogens with zero attached hydrogens (tertiary/aromatic N) is 3. The van der Waals surface area contributed by atoms with Gasteiger partial charge >= 0.3 is 12.4 Å². The van der Waals surface area contributed by atoms with Gasteiger partial charge in [0.2, 0.25) is 0 Å². The van der Waals surface area contributed by atoms with Crippen molar-refractivity contribution in [2.24, 2.45) is 0 Å². The predicted octanol–water partition coefficient (Wildman–Crippen LogP) is 5.94. The molecule has 0 fully saturated rings. The van der Waals surface area contributed by atoms with Crippen molar-refractivity contribution in [1.29, 1.82) is 0 Å². The number of halogens is 6. The lowest BCUT2D eigenvalue weighted by Gasteiger charge is -2.14. The maximum absolute atomic E-state index is 13.3. The Morgan fingerprint density at radius 2 is 1.68 bits per heavy atom. The first kappa shape index (κ1) is 25.9. The standard InChI is InChI=1S/C24H19F6N5O2/c1-31-21-17(11-20(33-34-21)24(28,29)30)32-22(36)19-10-15-9-16(23(25,26)27)7-8-18(15)35(19)13-37-12-14-5-3-2-4-6-14/h2-11H,12-13H2,1H3,(H,31,34)(H,32,33,36). The lowest BCUT2D eigenvalue weighted by atomic mass is 10.1. The average molecular weight is 523 g/mol. The zero-order chi connectivity index (χ0) is 26.8. The Morgan fingerprint density at radius 1 is 0.946 bits per heavy atom. The van der Waals surface area contributed by atoms with Gasteiger partial charge in [0, 0.05) is 12.4 Å². The first-order valence-electron chi connectivity index (χ1n) is 10.7. The second-order valence-electron chi connectivity index (χ2n) is 7.89. The fourth-order valence-electron chi connectivity index (χ4n) is 3.60. The Kier molecular flexibility index (Phi) is 7.07. The molecule has 2 aromatic heterocycles. The van der Waals surface area contributed by atoms with Crippen molar-refractivity contribution >= 4 is 28.3 Å². The Balaban J connectivity index is 1.70. The molecule has 2 N–H and O–H groups in total. The second-order valence-corrected chi connectivity index (χ2v) is 7.89. The summed E-state index contributed by atoms with van der Waals surface area (Å²) in [7, 11) is 1.38. The molecular weight excluding hydrogens is 504 g/mol. The number of hydrogen-bond acceptors (Lipinski definition) is 5. The fraction of sp³-hybridized carbons (Fsp3) is 0.208. The molecule has 0 bridgehead atoms. The van der Waals surface area contributed by atoms with Crippen molar-refractivity contribution in [1.82, 2.24) is 14.8 Å². The topological polar surface area (TPSA) is 81.1 Å². The summed E-state index contributed by atoms with van der Waals surface area (Å²) in [6.07, 6.45) is -9.42. The highest BCUT2D eigenvalue weighted by Gasteiger charge is 2.34. The number of carbonyl (C=O) groups is 1. The molecule has 0 spiro atoms. The van der Waals surface area contributed by atoms with Gasteiger partial charge in [-0.2, -0.15) is 26.3 Å². The maximum atomic E-state index is 13.3. The third-order valence-corrected chi connectivity index (χ3v) is 5.36. The third-order valence-electron chi connectivity index (χ3n) is 5.36. The van der Waals surface area contributed by atoms with Gasteiger partial charge in [0.25, 0.3) is 5.91 Å². The van der Waals surface area contributed by atoms with Crippen LogP contribution in [0.25, 0.3) is 10.9 Å². The summed E-state index contributed by atoms with van der Waals surface area (Å²) in [6.45, 7) is -0.0663. The molecule has 7 nitrogen and oxygen atoms in total. The summed E-state index contributed by atoms with van der Waals surface area (Å²) in [5.74, 6) is -1.02. The highest BCUT2D eigenvalue weighted by atomic mass is 19.4. The third kappa shape index (κ3) is 5.82. The van der Waals surface area contributed by atoms with Gasteiger partial charge in [-0.1, -0.05) is 30.3 Å². The zero-order valence-electron chi connectivity index (χ0n) is 19.1.